The average Bonchev–Trinajstić information content (AvgIpc) is 3.07. The molecule has 0 saturated heterocycles. The Kier molecular flexibility index (Phi) is 5.55. The zero-order valence-electron chi connectivity index (χ0n) is 17.5. The molecule has 0 unspecified atom stereocenters. The number of nitrogens with zero attached hydrogens (tertiary/aromatic N) is 1. The van der Waals surface area contributed by atoms with Crippen molar-refractivity contribution in [3.8, 4) is 5.75 Å². The van der Waals surface area contributed by atoms with Crippen LogP contribution in [0.2, 0.25) is 0 Å². The Morgan fingerprint density at radius 3 is 2.09 bits per heavy atom. The lowest BCUT2D eigenvalue weighted by Gasteiger charge is -2.13. The Bertz CT molecular complexity index is 1230. The highest BCUT2D eigenvalue weighted by Gasteiger charge is 2.37. The number of Topliss-reactive ketones (excluding diaryl/α,β-unsaturated/α-hetero) is 1. The monoisotopic (exact) mass is 429 g/mol. The highest BCUT2D eigenvalue weighted by Crippen LogP contribution is 2.29. The summed E-state index contributed by atoms with van der Waals surface area (Å²) in [5.41, 5.74) is 2.24. The molecule has 0 atom stereocenters. The third-order valence-corrected chi connectivity index (χ3v) is 5.16. The number of ketones is 1. The van der Waals surface area contributed by atoms with Gasteiger partial charge in [0, 0.05) is 5.56 Å². The van der Waals surface area contributed by atoms with Crippen molar-refractivity contribution in [3.63, 3.8) is 0 Å². The van der Waals surface area contributed by atoms with Crippen LogP contribution in [0.25, 0.3) is 0 Å². The Morgan fingerprint density at radius 2 is 1.44 bits per heavy atom. The first-order valence-electron chi connectivity index (χ1n) is 9.83. The van der Waals surface area contributed by atoms with Crippen LogP contribution in [0, 0.1) is 6.92 Å². The second-order valence-electron chi connectivity index (χ2n) is 7.27. The molecule has 160 valence electrons. The van der Waals surface area contributed by atoms with E-state index in [0.717, 1.165) is 10.5 Å². The maximum atomic E-state index is 12.9. The molecule has 0 spiro atoms. The maximum absolute atomic E-state index is 12.9. The first-order chi connectivity index (χ1) is 15.4. The first-order valence-corrected chi connectivity index (χ1v) is 9.83. The number of carbonyl (C=O) groups is 4. The third-order valence-electron chi connectivity index (χ3n) is 5.16. The van der Waals surface area contributed by atoms with E-state index in [-0.39, 0.29) is 22.5 Å². The number of rotatable bonds is 6. The fourth-order valence-corrected chi connectivity index (χ4v) is 3.37. The standard InChI is InChI=1S/C25H19NO6/c1-15-3-8-18(9-4-15)26-23(28)20-12-7-17(13-21(20)24(26)29)25(30)32-14-22(27)16-5-10-19(31-2)11-6-16/h3-13H,14H2,1-2H3. The van der Waals surface area contributed by atoms with Gasteiger partial charge in [0.15, 0.2) is 12.4 Å². The van der Waals surface area contributed by atoms with Crippen LogP contribution in [-0.4, -0.2) is 37.3 Å². The zero-order chi connectivity index (χ0) is 22.8. The second-order valence-corrected chi connectivity index (χ2v) is 7.27. The number of carbonyl (C=O) groups excluding carboxylic acids is 4. The van der Waals surface area contributed by atoms with E-state index < -0.39 is 24.4 Å². The molecule has 7 heteroatoms. The van der Waals surface area contributed by atoms with Crippen molar-refractivity contribution in [2.75, 3.05) is 18.6 Å². The van der Waals surface area contributed by atoms with E-state index in [0.29, 0.717) is 17.0 Å². The number of fused-ring (bicyclic) bond motifs is 1. The molecule has 0 saturated carbocycles. The van der Waals surface area contributed by atoms with Crippen LogP contribution in [0.5, 0.6) is 5.75 Å². The van der Waals surface area contributed by atoms with Crippen molar-refractivity contribution in [1.29, 1.82) is 0 Å². The summed E-state index contributed by atoms with van der Waals surface area (Å²) in [6.07, 6.45) is 0. The van der Waals surface area contributed by atoms with E-state index in [1.165, 1.54) is 25.3 Å². The topological polar surface area (TPSA) is 90.0 Å². The molecule has 1 aliphatic rings. The van der Waals surface area contributed by atoms with Gasteiger partial charge >= 0.3 is 5.97 Å². The first kappa shape index (κ1) is 21.0. The van der Waals surface area contributed by atoms with E-state index in [2.05, 4.69) is 0 Å². The molecular weight excluding hydrogens is 410 g/mol. The minimum Gasteiger partial charge on any atom is -0.497 e. The summed E-state index contributed by atoms with van der Waals surface area (Å²) in [5, 5.41) is 0. The fraction of sp³-hybridized carbons (Fsp3) is 0.120. The van der Waals surface area contributed by atoms with Crippen LogP contribution in [0.3, 0.4) is 0 Å². The maximum Gasteiger partial charge on any atom is 0.338 e. The Hall–Kier alpha value is -4.26. The largest absolute Gasteiger partial charge is 0.497 e. The van der Waals surface area contributed by atoms with Crippen molar-refractivity contribution in [1.82, 2.24) is 0 Å². The van der Waals surface area contributed by atoms with Crippen LogP contribution in [0.4, 0.5) is 5.69 Å². The summed E-state index contributed by atoms with van der Waals surface area (Å²) in [4.78, 5) is 51.4. The van der Waals surface area contributed by atoms with Gasteiger partial charge < -0.3 is 9.47 Å². The lowest BCUT2D eigenvalue weighted by atomic mass is 10.1. The number of esters is 1. The highest BCUT2D eigenvalue weighted by molar-refractivity contribution is 6.34. The summed E-state index contributed by atoms with van der Waals surface area (Å²) >= 11 is 0. The minimum absolute atomic E-state index is 0.0817. The van der Waals surface area contributed by atoms with E-state index in [1.54, 1.807) is 36.4 Å². The lowest BCUT2D eigenvalue weighted by molar-refractivity contribution is 0.0474. The van der Waals surface area contributed by atoms with Gasteiger partial charge in [-0.1, -0.05) is 17.7 Å². The zero-order valence-corrected chi connectivity index (χ0v) is 17.5. The second kappa shape index (κ2) is 8.47. The molecule has 0 bridgehead atoms. The van der Waals surface area contributed by atoms with Gasteiger partial charge in [-0.15, -0.1) is 0 Å². The quantitative estimate of drug-likeness (QED) is 0.336. The van der Waals surface area contributed by atoms with Gasteiger partial charge in [0.05, 0.1) is 29.5 Å². The average molecular weight is 429 g/mol. The van der Waals surface area contributed by atoms with Crippen molar-refractivity contribution in [2.24, 2.45) is 0 Å². The predicted octanol–water partition coefficient (Wildman–Crippen LogP) is 3.84. The Morgan fingerprint density at radius 1 is 0.812 bits per heavy atom. The smallest absolute Gasteiger partial charge is 0.338 e. The lowest BCUT2D eigenvalue weighted by Crippen LogP contribution is -2.29. The Labute approximate surface area is 184 Å². The van der Waals surface area contributed by atoms with Crippen molar-refractivity contribution < 1.29 is 28.7 Å². The Balaban J connectivity index is 1.48. The number of methoxy groups -OCH3 is 1. The number of amides is 2. The molecular formula is C25H19NO6. The van der Waals surface area contributed by atoms with Crippen LogP contribution < -0.4 is 9.64 Å². The minimum atomic E-state index is -0.760. The van der Waals surface area contributed by atoms with Crippen molar-refractivity contribution >= 4 is 29.3 Å². The van der Waals surface area contributed by atoms with Gasteiger partial charge in [-0.05, 0) is 61.5 Å². The van der Waals surface area contributed by atoms with E-state index in [9.17, 15) is 19.2 Å². The molecule has 1 heterocycles. The van der Waals surface area contributed by atoms with Gasteiger partial charge in [-0.3, -0.25) is 14.4 Å². The third kappa shape index (κ3) is 3.88. The van der Waals surface area contributed by atoms with E-state index in [1.807, 2.05) is 19.1 Å². The van der Waals surface area contributed by atoms with Crippen LogP contribution in [0.1, 0.15) is 47.0 Å². The molecule has 1 aliphatic heterocycles. The van der Waals surface area contributed by atoms with Gasteiger partial charge in [0.1, 0.15) is 5.75 Å². The molecule has 0 fully saturated rings. The molecule has 4 rings (SSSR count). The van der Waals surface area contributed by atoms with Crippen LogP contribution in [0.15, 0.2) is 66.7 Å². The summed E-state index contributed by atoms with van der Waals surface area (Å²) in [7, 11) is 1.52. The summed E-state index contributed by atoms with van der Waals surface area (Å²) in [5.74, 6) is -1.50. The fourth-order valence-electron chi connectivity index (χ4n) is 3.37. The number of benzene rings is 3. The van der Waals surface area contributed by atoms with Gasteiger partial charge in [-0.25, -0.2) is 9.69 Å². The van der Waals surface area contributed by atoms with Gasteiger partial charge in [0.25, 0.3) is 11.8 Å². The normalized spacial score (nSPS) is 12.5. The molecule has 2 amide bonds. The van der Waals surface area contributed by atoms with Crippen molar-refractivity contribution in [3.05, 3.63) is 94.5 Å². The summed E-state index contributed by atoms with van der Waals surface area (Å²) in [6, 6.07) is 17.6. The molecule has 0 N–H and O–H groups in total. The summed E-state index contributed by atoms with van der Waals surface area (Å²) < 4.78 is 10.2. The van der Waals surface area contributed by atoms with Gasteiger partial charge in [-0.2, -0.15) is 0 Å². The molecule has 0 radical (unpaired) electrons. The summed E-state index contributed by atoms with van der Waals surface area (Å²) in [6.45, 7) is 1.45. The van der Waals surface area contributed by atoms with Gasteiger partial charge in [0.2, 0.25) is 0 Å². The molecule has 0 aromatic heterocycles. The molecule has 0 aliphatic carbocycles. The van der Waals surface area contributed by atoms with Crippen LogP contribution in [-0.2, 0) is 4.74 Å². The van der Waals surface area contributed by atoms with Crippen LogP contribution >= 0.6 is 0 Å². The number of aryl methyl sites for hydroxylation is 1. The number of imide groups is 1. The number of hydrogen-bond acceptors (Lipinski definition) is 6. The van der Waals surface area contributed by atoms with Crippen molar-refractivity contribution in [2.45, 2.75) is 6.92 Å². The number of hydrogen-bond donors (Lipinski definition) is 0. The molecule has 32 heavy (non-hydrogen) atoms. The number of anilines is 1. The SMILES string of the molecule is COc1ccc(C(=O)COC(=O)c2ccc3c(c2)C(=O)N(c2ccc(C)cc2)C3=O)cc1. The number of ether oxygens (including phenoxy) is 2. The van der Waals surface area contributed by atoms with E-state index in [4.69, 9.17) is 9.47 Å². The molecule has 3 aromatic carbocycles. The van der Waals surface area contributed by atoms with E-state index >= 15 is 0 Å². The molecule has 3 aromatic rings. The highest BCUT2D eigenvalue weighted by atomic mass is 16.5. The molecule has 7 nitrogen and oxygen atoms in total. The predicted molar refractivity (Wildman–Crippen MR) is 116 cm³/mol.